The first-order valence-corrected chi connectivity index (χ1v) is 4.48. The van der Waals surface area contributed by atoms with Crippen molar-refractivity contribution in [2.24, 2.45) is 0 Å². The van der Waals surface area contributed by atoms with Crippen molar-refractivity contribution in [3.63, 3.8) is 0 Å². The highest BCUT2D eigenvalue weighted by molar-refractivity contribution is 9.11. The third kappa shape index (κ3) is 2.92. The Morgan fingerprint density at radius 1 is 1.54 bits per heavy atom. The van der Waals surface area contributed by atoms with Crippen molar-refractivity contribution in [1.82, 2.24) is 0 Å². The highest BCUT2D eigenvalue weighted by Crippen LogP contribution is 2.17. The zero-order valence-electron chi connectivity index (χ0n) is 6.96. The maximum absolute atomic E-state index is 8.72. The van der Waals surface area contributed by atoms with Crippen LogP contribution in [0, 0.1) is 11.3 Å². The van der Waals surface area contributed by atoms with E-state index in [2.05, 4.69) is 22.5 Å². The van der Waals surface area contributed by atoms with Gasteiger partial charge in [-0.25, -0.2) is 0 Å². The van der Waals surface area contributed by atoms with Crippen LogP contribution in [0.5, 0.6) is 5.75 Å². The van der Waals surface area contributed by atoms with Crippen molar-refractivity contribution in [2.75, 3.05) is 6.61 Å². The van der Waals surface area contributed by atoms with Crippen molar-refractivity contribution < 1.29 is 4.74 Å². The summed E-state index contributed by atoms with van der Waals surface area (Å²) in [5, 5.41) is 8.72. The van der Waals surface area contributed by atoms with E-state index in [-0.39, 0.29) is 0 Å². The van der Waals surface area contributed by atoms with Crippen LogP contribution < -0.4 is 4.74 Å². The van der Waals surface area contributed by atoms with Crippen molar-refractivity contribution in [3.05, 3.63) is 40.9 Å². The van der Waals surface area contributed by atoms with E-state index in [4.69, 9.17) is 10.00 Å². The fourth-order valence-corrected chi connectivity index (χ4v) is 0.955. The molecule has 0 radical (unpaired) electrons. The molecule has 1 rings (SSSR count). The normalized spacial score (nSPS) is 8.92. The maximum Gasteiger partial charge on any atom is 0.137 e. The van der Waals surface area contributed by atoms with Gasteiger partial charge in [-0.1, -0.05) is 34.6 Å². The summed E-state index contributed by atoms with van der Waals surface area (Å²) in [6.45, 7) is 4.01. The quantitative estimate of drug-likeness (QED) is 0.811. The second-order valence-corrected chi connectivity index (χ2v) is 3.54. The van der Waals surface area contributed by atoms with E-state index in [1.165, 1.54) is 0 Å². The standard InChI is InChI=1S/C10H8BrNO/c1-8(11)7-13-10-5-3-2-4-9(10)6-12/h2-5H,1,7H2. The molecule has 0 fully saturated rings. The molecule has 0 saturated carbocycles. The first-order valence-electron chi connectivity index (χ1n) is 3.69. The molecule has 0 spiro atoms. The van der Waals surface area contributed by atoms with Crippen molar-refractivity contribution in [2.45, 2.75) is 0 Å². The molecule has 3 heteroatoms. The fourth-order valence-electron chi connectivity index (χ4n) is 0.841. The summed E-state index contributed by atoms with van der Waals surface area (Å²) in [5.74, 6) is 0.589. The van der Waals surface area contributed by atoms with Crippen LogP contribution in [-0.2, 0) is 0 Å². The Morgan fingerprint density at radius 3 is 2.85 bits per heavy atom. The lowest BCUT2D eigenvalue weighted by atomic mass is 10.2. The number of hydrogen-bond acceptors (Lipinski definition) is 2. The lowest BCUT2D eigenvalue weighted by molar-refractivity contribution is 0.360. The monoisotopic (exact) mass is 237 g/mol. The number of rotatable bonds is 3. The van der Waals surface area contributed by atoms with Gasteiger partial charge in [-0.15, -0.1) is 0 Å². The number of para-hydroxylation sites is 1. The molecule has 66 valence electrons. The zero-order valence-corrected chi connectivity index (χ0v) is 8.54. The number of nitrogens with zero attached hydrogens (tertiary/aromatic N) is 1. The SMILES string of the molecule is C=C(Br)COc1ccccc1C#N. The molecule has 0 atom stereocenters. The largest absolute Gasteiger partial charge is 0.487 e. The summed E-state index contributed by atoms with van der Waals surface area (Å²) in [7, 11) is 0. The van der Waals surface area contributed by atoms with E-state index in [1.807, 2.05) is 12.1 Å². The molecule has 0 N–H and O–H groups in total. The first-order chi connectivity index (χ1) is 6.24. The molecular weight excluding hydrogens is 230 g/mol. The van der Waals surface area contributed by atoms with Crippen molar-refractivity contribution >= 4 is 15.9 Å². The van der Waals surface area contributed by atoms with Crippen LogP contribution in [0.3, 0.4) is 0 Å². The second kappa shape index (κ2) is 4.68. The van der Waals surface area contributed by atoms with Crippen LogP contribution in [0.2, 0.25) is 0 Å². The van der Waals surface area contributed by atoms with Gasteiger partial charge in [0.05, 0.1) is 5.56 Å². The van der Waals surface area contributed by atoms with Gasteiger partial charge in [-0.2, -0.15) is 5.26 Å². The smallest absolute Gasteiger partial charge is 0.137 e. The van der Waals surface area contributed by atoms with Gasteiger partial charge in [0.15, 0.2) is 0 Å². The Bertz CT molecular complexity index is 354. The fraction of sp³-hybridized carbons (Fsp3) is 0.100. The maximum atomic E-state index is 8.72. The van der Waals surface area contributed by atoms with E-state index < -0.39 is 0 Å². The number of benzene rings is 1. The third-order valence-corrected chi connectivity index (χ3v) is 1.62. The molecule has 13 heavy (non-hydrogen) atoms. The average molecular weight is 238 g/mol. The Labute approximate surface area is 85.6 Å². The summed E-state index contributed by atoms with van der Waals surface area (Å²) in [6, 6.07) is 9.15. The Kier molecular flexibility index (Phi) is 3.53. The second-order valence-electron chi connectivity index (χ2n) is 2.41. The minimum absolute atomic E-state index is 0.374. The van der Waals surface area contributed by atoms with Gasteiger partial charge in [0, 0.05) is 4.48 Å². The topological polar surface area (TPSA) is 33.0 Å². The minimum Gasteiger partial charge on any atom is -0.487 e. The minimum atomic E-state index is 0.374. The van der Waals surface area contributed by atoms with Gasteiger partial charge in [0.1, 0.15) is 18.4 Å². The molecule has 0 amide bonds. The van der Waals surface area contributed by atoms with Crippen LogP contribution in [-0.4, -0.2) is 6.61 Å². The number of nitriles is 1. The molecule has 0 saturated heterocycles. The molecule has 0 heterocycles. The molecule has 0 aromatic heterocycles. The van der Waals surface area contributed by atoms with E-state index in [0.29, 0.717) is 17.9 Å². The molecule has 0 bridgehead atoms. The summed E-state index contributed by atoms with van der Waals surface area (Å²) >= 11 is 3.18. The molecule has 0 aliphatic carbocycles. The van der Waals surface area contributed by atoms with Crippen molar-refractivity contribution in [3.8, 4) is 11.8 Å². The Morgan fingerprint density at radius 2 is 2.23 bits per heavy atom. The van der Waals surface area contributed by atoms with E-state index in [1.54, 1.807) is 18.2 Å². The number of halogens is 1. The highest BCUT2D eigenvalue weighted by Gasteiger charge is 2.00. The van der Waals surface area contributed by atoms with Crippen molar-refractivity contribution in [1.29, 1.82) is 5.26 Å². The lowest BCUT2D eigenvalue weighted by Crippen LogP contribution is -1.97. The molecule has 1 aromatic rings. The average Bonchev–Trinajstić information content (AvgIpc) is 2.15. The summed E-state index contributed by atoms with van der Waals surface area (Å²) in [6.07, 6.45) is 0. The van der Waals surface area contributed by atoms with Crippen LogP contribution in [0.1, 0.15) is 5.56 Å². The van der Waals surface area contributed by atoms with Crippen LogP contribution in [0.4, 0.5) is 0 Å². The summed E-state index contributed by atoms with van der Waals surface area (Å²) < 4.78 is 6.07. The van der Waals surface area contributed by atoms with E-state index in [9.17, 15) is 0 Å². The van der Waals surface area contributed by atoms with Crippen LogP contribution in [0.25, 0.3) is 0 Å². The molecule has 2 nitrogen and oxygen atoms in total. The van der Waals surface area contributed by atoms with Crippen LogP contribution >= 0.6 is 15.9 Å². The van der Waals surface area contributed by atoms with Gasteiger partial charge in [0.2, 0.25) is 0 Å². The third-order valence-electron chi connectivity index (χ3n) is 1.39. The summed E-state index contributed by atoms with van der Waals surface area (Å²) in [5.41, 5.74) is 0.538. The molecule has 0 aliphatic rings. The van der Waals surface area contributed by atoms with E-state index in [0.717, 1.165) is 4.48 Å². The van der Waals surface area contributed by atoms with Crippen LogP contribution in [0.15, 0.2) is 35.3 Å². The van der Waals surface area contributed by atoms with Gasteiger partial charge >= 0.3 is 0 Å². The van der Waals surface area contributed by atoms with Gasteiger partial charge in [-0.05, 0) is 12.1 Å². The predicted octanol–water partition coefficient (Wildman–Crippen LogP) is 2.85. The van der Waals surface area contributed by atoms with E-state index >= 15 is 0 Å². The number of hydrogen-bond donors (Lipinski definition) is 0. The Hall–Kier alpha value is -1.27. The lowest BCUT2D eigenvalue weighted by Gasteiger charge is -2.05. The highest BCUT2D eigenvalue weighted by atomic mass is 79.9. The van der Waals surface area contributed by atoms with Gasteiger partial charge < -0.3 is 4.74 Å². The predicted molar refractivity (Wildman–Crippen MR) is 54.7 cm³/mol. The van der Waals surface area contributed by atoms with Gasteiger partial charge in [-0.3, -0.25) is 0 Å². The zero-order chi connectivity index (χ0) is 9.68. The molecular formula is C10H8BrNO. The molecule has 1 aromatic carbocycles. The first kappa shape index (κ1) is 9.82. The van der Waals surface area contributed by atoms with Gasteiger partial charge in [0.25, 0.3) is 0 Å². The molecule has 0 unspecified atom stereocenters. The summed E-state index contributed by atoms with van der Waals surface area (Å²) in [4.78, 5) is 0. The number of ether oxygens (including phenoxy) is 1. The molecule has 0 aliphatic heterocycles. The Balaban J connectivity index is 2.77.